The summed E-state index contributed by atoms with van der Waals surface area (Å²) in [5, 5.41) is 0. The van der Waals surface area contributed by atoms with Gasteiger partial charge >= 0.3 is 6.09 Å². The highest BCUT2D eigenvalue weighted by Crippen LogP contribution is 2.10. The largest absolute Gasteiger partial charge is 0.444 e. The maximum absolute atomic E-state index is 11.7. The first-order valence-electron chi connectivity index (χ1n) is 5.52. The lowest BCUT2D eigenvalue weighted by molar-refractivity contribution is 0.0254. The Morgan fingerprint density at radius 1 is 1.44 bits per heavy atom. The van der Waals surface area contributed by atoms with Gasteiger partial charge in [0.1, 0.15) is 5.60 Å². The minimum absolute atomic E-state index is 0.324. The fourth-order valence-corrected chi connectivity index (χ4v) is 1.15. The van der Waals surface area contributed by atoms with Gasteiger partial charge in [-0.15, -0.1) is 12.3 Å². The molecule has 0 radical (unpaired) electrons. The second-order valence-electron chi connectivity index (χ2n) is 4.56. The first kappa shape index (κ1) is 14.8. The number of hydrogen-bond donors (Lipinski definition) is 1. The van der Waals surface area contributed by atoms with Crippen LogP contribution in [0.1, 0.15) is 33.6 Å². The highest BCUT2D eigenvalue weighted by atomic mass is 16.6. The van der Waals surface area contributed by atoms with Crippen molar-refractivity contribution in [1.29, 1.82) is 0 Å². The van der Waals surface area contributed by atoms with Gasteiger partial charge in [-0.3, -0.25) is 0 Å². The van der Waals surface area contributed by atoms with Crippen molar-refractivity contribution in [2.24, 2.45) is 5.73 Å². The molecule has 4 heteroatoms. The summed E-state index contributed by atoms with van der Waals surface area (Å²) in [7, 11) is 0. The van der Waals surface area contributed by atoms with Crippen LogP contribution in [0, 0.1) is 12.3 Å². The Labute approximate surface area is 98.1 Å². The number of nitrogens with two attached hydrogens (primary N) is 1. The van der Waals surface area contributed by atoms with E-state index < -0.39 is 5.60 Å². The average molecular weight is 226 g/mol. The lowest BCUT2D eigenvalue weighted by atomic mass is 10.2. The van der Waals surface area contributed by atoms with E-state index in [2.05, 4.69) is 5.92 Å². The molecule has 0 aromatic heterocycles. The predicted molar refractivity (Wildman–Crippen MR) is 64.9 cm³/mol. The van der Waals surface area contributed by atoms with E-state index in [1.165, 1.54) is 0 Å². The van der Waals surface area contributed by atoms with Gasteiger partial charge in [0.15, 0.2) is 0 Å². The van der Waals surface area contributed by atoms with Crippen molar-refractivity contribution in [3.05, 3.63) is 0 Å². The van der Waals surface area contributed by atoms with Crippen LogP contribution >= 0.6 is 0 Å². The number of nitrogens with zero attached hydrogens (tertiary/aromatic N) is 1. The van der Waals surface area contributed by atoms with Gasteiger partial charge in [0.05, 0.1) is 0 Å². The van der Waals surface area contributed by atoms with E-state index in [4.69, 9.17) is 16.9 Å². The van der Waals surface area contributed by atoms with Gasteiger partial charge in [0.25, 0.3) is 0 Å². The molecule has 4 nitrogen and oxygen atoms in total. The third-order valence-electron chi connectivity index (χ3n) is 1.80. The van der Waals surface area contributed by atoms with Gasteiger partial charge in [0.2, 0.25) is 0 Å². The molecule has 92 valence electrons. The van der Waals surface area contributed by atoms with Gasteiger partial charge in [-0.05, 0) is 27.2 Å². The van der Waals surface area contributed by atoms with Crippen molar-refractivity contribution in [3.8, 4) is 12.3 Å². The van der Waals surface area contributed by atoms with Crippen molar-refractivity contribution in [2.75, 3.05) is 19.6 Å². The van der Waals surface area contributed by atoms with Crippen molar-refractivity contribution in [3.63, 3.8) is 0 Å². The predicted octanol–water partition coefficient (Wildman–Crippen LogP) is 1.60. The molecule has 0 heterocycles. The quantitative estimate of drug-likeness (QED) is 0.572. The zero-order valence-electron chi connectivity index (χ0n) is 10.5. The molecule has 0 aliphatic rings. The van der Waals surface area contributed by atoms with Crippen molar-refractivity contribution in [1.82, 2.24) is 4.90 Å². The van der Waals surface area contributed by atoms with E-state index in [1.807, 2.05) is 20.8 Å². The van der Waals surface area contributed by atoms with Gasteiger partial charge < -0.3 is 15.4 Å². The third kappa shape index (κ3) is 7.13. The maximum atomic E-state index is 11.7. The van der Waals surface area contributed by atoms with Crippen LogP contribution in [0.15, 0.2) is 0 Å². The van der Waals surface area contributed by atoms with Crippen molar-refractivity contribution >= 4 is 6.09 Å². The van der Waals surface area contributed by atoms with Crippen LogP contribution in [0.4, 0.5) is 4.79 Å². The molecule has 0 bridgehead atoms. The first-order valence-corrected chi connectivity index (χ1v) is 5.52. The fourth-order valence-electron chi connectivity index (χ4n) is 1.15. The summed E-state index contributed by atoms with van der Waals surface area (Å²) in [4.78, 5) is 13.3. The van der Waals surface area contributed by atoms with Crippen LogP contribution in [0.5, 0.6) is 0 Å². The highest BCUT2D eigenvalue weighted by molar-refractivity contribution is 5.68. The molecule has 0 unspecified atom stereocenters. The van der Waals surface area contributed by atoms with Crippen LogP contribution < -0.4 is 5.73 Å². The van der Waals surface area contributed by atoms with E-state index >= 15 is 0 Å². The average Bonchev–Trinajstić information content (AvgIpc) is 2.14. The summed E-state index contributed by atoms with van der Waals surface area (Å²) in [5.41, 5.74) is 4.97. The standard InChI is InChI=1S/C12H22N2O2/c1-5-6-7-9-14(10-8-13)11(15)16-12(2,3)4/h1H,6-10,13H2,2-4H3. The molecule has 0 aromatic rings. The van der Waals surface area contributed by atoms with E-state index in [-0.39, 0.29) is 6.09 Å². The molecule has 16 heavy (non-hydrogen) atoms. The minimum Gasteiger partial charge on any atom is -0.444 e. The van der Waals surface area contributed by atoms with Crippen LogP contribution in [0.25, 0.3) is 0 Å². The highest BCUT2D eigenvalue weighted by Gasteiger charge is 2.20. The Hall–Kier alpha value is -1.21. The molecule has 1 amide bonds. The molecule has 0 saturated carbocycles. The summed E-state index contributed by atoms with van der Waals surface area (Å²) in [6.07, 6.45) is 6.26. The number of hydrogen-bond acceptors (Lipinski definition) is 3. The third-order valence-corrected chi connectivity index (χ3v) is 1.80. The summed E-state index contributed by atoms with van der Waals surface area (Å²) in [6.45, 7) is 7.04. The minimum atomic E-state index is -0.476. The molecular weight excluding hydrogens is 204 g/mol. The monoisotopic (exact) mass is 226 g/mol. The van der Waals surface area contributed by atoms with Gasteiger partial charge in [-0.1, -0.05) is 0 Å². The molecule has 0 atom stereocenters. The summed E-state index contributed by atoms with van der Waals surface area (Å²) < 4.78 is 5.26. The van der Waals surface area contributed by atoms with Gasteiger partial charge in [-0.2, -0.15) is 0 Å². The van der Waals surface area contributed by atoms with Crippen molar-refractivity contribution < 1.29 is 9.53 Å². The van der Waals surface area contributed by atoms with Crippen LogP contribution in [-0.2, 0) is 4.74 Å². The normalized spacial score (nSPS) is 10.7. The summed E-state index contributed by atoms with van der Waals surface area (Å²) >= 11 is 0. The molecular formula is C12H22N2O2. The molecule has 2 N–H and O–H groups in total. The van der Waals surface area contributed by atoms with Crippen LogP contribution in [0.3, 0.4) is 0 Å². The molecule has 0 rings (SSSR count). The number of ether oxygens (including phenoxy) is 1. The van der Waals surface area contributed by atoms with Crippen molar-refractivity contribution in [2.45, 2.75) is 39.2 Å². The zero-order chi connectivity index (χ0) is 12.6. The smallest absolute Gasteiger partial charge is 0.410 e. The van der Waals surface area contributed by atoms with Gasteiger partial charge in [-0.25, -0.2) is 4.79 Å². The Morgan fingerprint density at radius 2 is 2.06 bits per heavy atom. The lowest BCUT2D eigenvalue weighted by Crippen LogP contribution is -2.40. The van der Waals surface area contributed by atoms with E-state index in [9.17, 15) is 4.79 Å². The Kier molecular flexibility index (Phi) is 6.59. The number of rotatable bonds is 5. The second-order valence-corrected chi connectivity index (χ2v) is 4.56. The molecule has 0 aromatic carbocycles. The lowest BCUT2D eigenvalue weighted by Gasteiger charge is -2.26. The number of terminal acetylenes is 1. The SMILES string of the molecule is C#CCCCN(CCN)C(=O)OC(C)(C)C. The topological polar surface area (TPSA) is 55.6 Å². The zero-order valence-corrected chi connectivity index (χ0v) is 10.5. The molecule has 0 aliphatic heterocycles. The van der Waals surface area contributed by atoms with Crippen LogP contribution in [0.2, 0.25) is 0 Å². The van der Waals surface area contributed by atoms with E-state index in [0.29, 0.717) is 26.1 Å². The second kappa shape index (κ2) is 7.13. The maximum Gasteiger partial charge on any atom is 0.410 e. The Bertz CT molecular complexity index is 251. The van der Waals surface area contributed by atoms with Gasteiger partial charge in [0, 0.05) is 26.1 Å². The molecule has 0 saturated heterocycles. The Morgan fingerprint density at radius 3 is 2.50 bits per heavy atom. The molecule has 0 aliphatic carbocycles. The fraction of sp³-hybridized carbons (Fsp3) is 0.750. The molecule has 0 spiro atoms. The summed E-state index contributed by atoms with van der Waals surface area (Å²) in [6, 6.07) is 0. The summed E-state index contributed by atoms with van der Waals surface area (Å²) in [5.74, 6) is 2.54. The van der Waals surface area contributed by atoms with Crippen LogP contribution in [-0.4, -0.2) is 36.2 Å². The van der Waals surface area contributed by atoms with E-state index in [1.54, 1.807) is 4.90 Å². The number of amides is 1. The number of carbonyl (C=O) groups excluding carboxylic acids is 1. The molecule has 0 fully saturated rings. The number of unbranched alkanes of at least 4 members (excludes halogenated alkanes) is 1. The van der Waals surface area contributed by atoms with E-state index in [0.717, 1.165) is 6.42 Å². The first-order chi connectivity index (χ1) is 7.40. The number of carbonyl (C=O) groups is 1. The Balaban J connectivity index is 4.19.